The summed E-state index contributed by atoms with van der Waals surface area (Å²) in [6.45, 7) is 4.52. The van der Waals surface area contributed by atoms with Crippen molar-refractivity contribution in [2.75, 3.05) is 25.2 Å². The van der Waals surface area contributed by atoms with E-state index in [4.69, 9.17) is 42.5 Å². The van der Waals surface area contributed by atoms with Gasteiger partial charge in [-0.2, -0.15) is 0 Å². The van der Waals surface area contributed by atoms with Crippen molar-refractivity contribution in [1.29, 1.82) is 0 Å². The van der Waals surface area contributed by atoms with Gasteiger partial charge < -0.3 is 19.3 Å². The van der Waals surface area contributed by atoms with Gasteiger partial charge >= 0.3 is 5.97 Å². The van der Waals surface area contributed by atoms with Gasteiger partial charge in [0.05, 0.1) is 35.4 Å². The summed E-state index contributed by atoms with van der Waals surface area (Å²) in [6, 6.07) is 9.48. The third kappa shape index (κ3) is 6.96. The first-order valence-corrected chi connectivity index (χ1v) is 15.1. The van der Waals surface area contributed by atoms with E-state index in [1.807, 2.05) is 38.1 Å². The lowest BCUT2D eigenvalue weighted by Crippen LogP contribution is -2.09. The number of aliphatic carboxylic acids is 1. The fourth-order valence-electron chi connectivity index (χ4n) is 4.57. The Kier molecular flexibility index (Phi) is 8.93. The van der Waals surface area contributed by atoms with Gasteiger partial charge in [-0.1, -0.05) is 41.4 Å². The third-order valence-corrected chi connectivity index (χ3v) is 8.43. The van der Waals surface area contributed by atoms with Crippen LogP contribution in [0.3, 0.4) is 0 Å². The van der Waals surface area contributed by atoms with Gasteiger partial charge in [0.15, 0.2) is 5.75 Å². The van der Waals surface area contributed by atoms with Crippen molar-refractivity contribution in [3.63, 3.8) is 0 Å². The maximum absolute atomic E-state index is 11.4. The summed E-state index contributed by atoms with van der Waals surface area (Å²) in [4.78, 5) is 15.4. The van der Waals surface area contributed by atoms with Crippen LogP contribution in [0.15, 0.2) is 36.5 Å². The molecule has 3 aromatic rings. The molecule has 2 aromatic carbocycles. The maximum atomic E-state index is 11.4. The molecule has 0 aliphatic carbocycles. The number of carboxylic acid groups (broad SMARTS) is 1. The molecule has 0 bridgehead atoms. The van der Waals surface area contributed by atoms with E-state index in [0.717, 1.165) is 33.4 Å². The first-order valence-electron chi connectivity index (χ1n) is 12.3. The largest absolute Gasteiger partial charge is 0.492 e. The lowest BCUT2D eigenvalue weighted by molar-refractivity contribution is -0.137. The normalized spacial score (nSPS) is 14.5. The van der Waals surface area contributed by atoms with Crippen LogP contribution in [0, 0.1) is 13.8 Å². The Morgan fingerprint density at radius 2 is 1.87 bits per heavy atom. The minimum atomic E-state index is -3.08. The standard InChI is InChI=1S/C28H29Cl2NO7S/c1-16-25(17(2)27(30)28(26(16)29)36-8-5-9-39(3,34)35)19-7-4-6-18(10-19)14-38-23-12-22-21(13-31-23)20(15-37-22)11-24(32)33/h4,6-7,10,12-13,20H,5,8-9,11,14-15H2,1-3H3,(H,32,33)/t20-/m0/s1. The minimum absolute atomic E-state index is 0.00910. The fourth-order valence-corrected chi connectivity index (χ4v) is 5.74. The molecule has 0 spiro atoms. The van der Waals surface area contributed by atoms with Crippen molar-refractivity contribution in [1.82, 2.24) is 4.98 Å². The average molecular weight is 595 g/mol. The van der Waals surface area contributed by atoms with Crippen LogP contribution in [-0.2, 0) is 21.2 Å². The Morgan fingerprint density at radius 3 is 2.54 bits per heavy atom. The Morgan fingerprint density at radius 1 is 1.15 bits per heavy atom. The molecule has 0 fully saturated rings. The second-order valence-electron chi connectivity index (χ2n) is 9.57. The highest BCUT2D eigenvalue weighted by atomic mass is 35.5. The monoisotopic (exact) mass is 593 g/mol. The van der Waals surface area contributed by atoms with E-state index in [1.165, 1.54) is 6.26 Å². The third-order valence-electron chi connectivity index (χ3n) is 6.49. The summed E-state index contributed by atoms with van der Waals surface area (Å²) in [5, 5.41) is 9.83. The molecule has 39 heavy (non-hydrogen) atoms. The van der Waals surface area contributed by atoms with Crippen LogP contribution in [0.4, 0.5) is 0 Å². The summed E-state index contributed by atoms with van der Waals surface area (Å²) in [5.41, 5.74) is 5.04. The SMILES string of the molecule is Cc1c(Cl)c(OCCCS(C)(=O)=O)c(Cl)c(C)c1-c1cccc(COc2cc3c(cn2)[C@@H](CC(=O)O)CO3)c1. The number of hydrogen-bond acceptors (Lipinski definition) is 7. The molecule has 0 saturated carbocycles. The van der Waals surface area contributed by atoms with Crippen molar-refractivity contribution < 1.29 is 32.5 Å². The molecule has 0 radical (unpaired) electrons. The number of ether oxygens (including phenoxy) is 3. The Hall–Kier alpha value is -3.01. The van der Waals surface area contributed by atoms with Crippen molar-refractivity contribution in [2.24, 2.45) is 0 Å². The molecule has 0 unspecified atom stereocenters. The van der Waals surface area contributed by atoms with Gasteiger partial charge in [-0.05, 0) is 54.2 Å². The predicted molar refractivity (Wildman–Crippen MR) is 150 cm³/mol. The number of benzene rings is 2. The first-order chi connectivity index (χ1) is 18.4. The van der Waals surface area contributed by atoms with Crippen molar-refractivity contribution in [3.05, 3.63) is 68.8 Å². The summed E-state index contributed by atoms with van der Waals surface area (Å²) < 4.78 is 40.1. The molecule has 208 valence electrons. The van der Waals surface area contributed by atoms with Crippen LogP contribution in [0.5, 0.6) is 17.4 Å². The first kappa shape index (κ1) is 29.0. The van der Waals surface area contributed by atoms with E-state index >= 15 is 0 Å². The van der Waals surface area contributed by atoms with Gasteiger partial charge in [0.25, 0.3) is 0 Å². The van der Waals surface area contributed by atoms with Crippen molar-refractivity contribution in [2.45, 2.75) is 39.2 Å². The number of pyridine rings is 1. The predicted octanol–water partition coefficient (Wildman–Crippen LogP) is 6.02. The molecule has 1 aliphatic heterocycles. The Bertz CT molecular complexity index is 1480. The number of halogens is 2. The molecular weight excluding hydrogens is 565 g/mol. The summed E-state index contributed by atoms with van der Waals surface area (Å²) >= 11 is 13.3. The van der Waals surface area contributed by atoms with Crippen LogP contribution in [0.2, 0.25) is 10.0 Å². The lowest BCUT2D eigenvalue weighted by Gasteiger charge is -2.19. The van der Waals surface area contributed by atoms with E-state index in [9.17, 15) is 13.2 Å². The summed E-state index contributed by atoms with van der Waals surface area (Å²) in [5.74, 6) is 0.245. The van der Waals surface area contributed by atoms with Crippen LogP contribution in [0.1, 0.15) is 41.0 Å². The van der Waals surface area contributed by atoms with Gasteiger partial charge in [-0.3, -0.25) is 4.79 Å². The zero-order chi connectivity index (χ0) is 28.3. The topological polar surface area (TPSA) is 112 Å². The minimum Gasteiger partial charge on any atom is -0.492 e. The molecular formula is C28H29Cl2NO7S. The van der Waals surface area contributed by atoms with Gasteiger partial charge in [0.2, 0.25) is 5.88 Å². The molecule has 1 aromatic heterocycles. The lowest BCUT2D eigenvalue weighted by atomic mass is 9.94. The van der Waals surface area contributed by atoms with E-state index in [2.05, 4.69) is 4.98 Å². The number of sulfone groups is 1. The highest BCUT2D eigenvalue weighted by Crippen LogP contribution is 2.45. The number of rotatable bonds is 11. The van der Waals surface area contributed by atoms with Crippen LogP contribution < -0.4 is 14.2 Å². The number of hydrogen-bond donors (Lipinski definition) is 1. The molecule has 11 heteroatoms. The molecule has 1 atom stereocenters. The molecule has 0 saturated heterocycles. The average Bonchev–Trinajstić information content (AvgIpc) is 3.27. The number of fused-ring (bicyclic) bond motifs is 1. The van der Waals surface area contributed by atoms with E-state index in [1.54, 1.807) is 12.3 Å². The molecule has 2 heterocycles. The number of carboxylic acids is 1. The quantitative estimate of drug-likeness (QED) is 0.269. The molecule has 0 amide bonds. The second-order valence-corrected chi connectivity index (χ2v) is 12.6. The molecule has 1 aliphatic rings. The van der Waals surface area contributed by atoms with Crippen LogP contribution in [0.25, 0.3) is 11.1 Å². The molecule has 4 rings (SSSR count). The van der Waals surface area contributed by atoms with E-state index in [-0.39, 0.29) is 31.3 Å². The summed E-state index contributed by atoms with van der Waals surface area (Å²) in [6.07, 6.45) is 3.13. The van der Waals surface area contributed by atoms with E-state index < -0.39 is 15.8 Å². The zero-order valence-electron chi connectivity index (χ0n) is 21.8. The number of nitrogens with zero attached hydrogens (tertiary/aromatic N) is 1. The van der Waals surface area contributed by atoms with Gasteiger partial charge in [-0.15, -0.1) is 0 Å². The Balaban J connectivity index is 1.49. The summed E-state index contributed by atoms with van der Waals surface area (Å²) in [7, 11) is -3.08. The maximum Gasteiger partial charge on any atom is 0.304 e. The number of aromatic nitrogens is 1. The smallest absolute Gasteiger partial charge is 0.304 e. The fraction of sp³-hybridized carbons (Fsp3) is 0.357. The highest BCUT2D eigenvalue weighted by molar-refractivity contribution is 7.90. The van der Waals surface area contributed by atoms with Crippen LogP contribution >= 0.6 is 23.2 Å². The van der Waals surface area contributed by atoms with Crippen LogP contribution in [-0.4, -0.2) is 49.7 Å². The Labute approximate surface area is 237 Å². The molecule has 1 N–H and O–H groups in total. The van der Waals surface area contributed by atoms with Gasteiger partial charge in [0, 0.05) is 30.0 Å². The van der Waals surface area contributed by atoms with Gasteiger partial charge in [-0.25, -0.2) is 13.4 Å². The zero-order valence-corrected chi connectivity index (χ0v) is 24.1. The number of carbonyl (C=O) groups is 1. The van der Waals surface area contributed by atoms with Crippen molar-refractivity contribution >= 4 is 39.0 Å². The van der Waals surface area contributed by atoms with Gasteiger partial charge in [0.1, 0.15) is 22.2 Å². The van der Waals surface area contributed by atoms with Crippen molar-refractivity contribution in [3.8, 4) is 28.5 Å². The second kappa shape index (κ2) is 12.0. The molecule has 8 nitrogen and oxygen atoms in total. The highest BCUT2D eigenvalue weighted by Gasteiger charge is 2.27. The van der Waals surface area contributed by atoms with E-state index in [0.29, 0.717) is 40.5 Å².